The lowest BCUT2D eigenvalue weighted by Gasteiger charge is -2.35. The summed E-state index contributed by atoms with van der Waals surface area (Å²) in [5.41, 5.74) is 0.718. The highest BCUT2D eigenvalue weighted by molar-refractivity contribution is 5.90. The standard InChI is InChI=1S/C14H19NO/c1-2-9-14(10-5-3-8-13(14)16)12-7-4-6-11-15-12/h4,6-7,11H,2-3,5,8-10H2,1H3. The van der Waals surface area contributed by atoms with Crippen molar-refractivity contribution in [3.63, 3.8) is 0 Å². The Morgan fingerprint density at radius 1 is 1.38 bits per heavy atom. The molecule has 0 aliphatic heterocycles. The number of rotatable bonds is 3. The van der Waals surface area contributed by atoms with E-state index in [-0.39, 0.29) is 5.41 Å². The van der Waals surface area contributed by atoms with Crippen LogP contribution in [0.4, 0.5) is 0 Å². The highest BCUT2D eigenvalue weighted by Crippen LogP contribution is 2.39. The normalized spacial score (nSPS) is 25.7. The lowest BCUT2D eigenvalue weighted by atomic mass is 9.68. The van der Waals surface area contributed by atoms with Gasteiger partial charge < -0.3 is 0 Å². The van der Waals surface area contributed by atoms with Crippen LogP contribution in [0.5, 0.6) is 0 Å². The molecule has 1 atom stereocenters. The first-order chi connectivity index (χ1) is 7.79. The number of carbonyl (C=O) groups excluding carboxylic acids is 1. The molecule has 1 saturated carbocycles. The number of carbonyl (C=O) groups is 1. The van der Waals surface area contributed by atoms with E-state index in [0.717, 1.165) is 44.2 Å². The minimum atomic E-state index is -0.270. The van der Waals surface area contributed by atoms with Crippen LogP contribution in [0, 0.1) is 0 Å². The van der Waals surface area contributed by atoms with E-state index in [1.165, 1.54) is 0 Å². The lowest BCUT2D eigenvalue weighted by molar-refractivity contribution is -0.127. The average Bonchev–Trinajstić information content (AvgIpc) is 2.34. The number of hydrogen-bond donors (Lipinski definition) is 0. The SMILES string of the molecule is CCCC1(c2ccccn2)CCCCC1=O. The van der Waals surface area contributed by atoms with Crippen molar-refractivity contribution in [3.8, 4) is 0 Å². The van der Waals surface area contributed by atoms with E-state index in [0.29, 0.717) is 5.78 Å². The lowest BCUT2D eigenvalue weighted by Crippen LogP contribution is -2.39. The fourth-order valence-corrected chi connectivity index (χ4v) is 2.83. The van der Waals surface area contributed by atoms with Crippen LogP contribution in [0.2, 0.25) is 0 Å². The van der Waals surface area contributed by atoms with Gasteiger partial charge in [-0.3, -0.25) is 9.78 Å². The van der Waals surface area contributed by atoms with Crippen LogP contribution in [0.1, 0.15) is 51.1 Å². The number of pyridine rings is 1. The molecule has 1 aliphatic rings. The summed E-state index contributed by atoms with van der Waals surface area (Å²) in [5.74, 6) is 0.402. The Bertz CT molecular complexity index is 356. The topological polar surface area (TPSA) is 30.0 Å². The molecule has 0 aromatic carbocycles. The third-order valence-electron chi connectivity index (χ3n) is 3.62. The number of ketones is 1. The van der Waals surface area contributed by atoms with Gasteiger partial charge in [-0.05, 0) is 31.4 Å². The first kappa shape index (κ1) is 11.3. The summed E-state index contributed by atoms with van der Waals surface area (Å²) in [5, 5.41) is 0. The van der Waals surface area contributed by atoms with Gasteiger partial charge in [0, 0.05) is 12.6 Å². The van der Waals surface area contributed by atoms with Gasteiger partial charge in [0.2, 0.25) is 0 Å². The summed E-state index contributed by atoms with van der Waals surface area (Å²) < 4.78 is 0. The number of hydrogen-bond acceptors (Lipinski definition) is 2. The van der Waals surface area contributed by atoms with Crippen LogP contribution in [0.15, 0.2) is 24.4 Å². The van der Waals surface area contributed by atoms with E-state index in [9.17, 15) is 4.79 Å². The van der Waals surface area contributed by atoms with Gasteiger partial charge in [0.05, 0.1) is 11.1 Å². The molecule has 0 amide bonds. The van der Waals surface area contributed by atoms with E-state index >= 15 is 0 Å². The van der Waals surface area contributed by atoms with Crippen molar-refractivity contribution in [2.45, 2.75) is 50.9 Å². The van der Waals surface area contributed by atoms with Crippen LogP contribution >= 0.6 is 0 Å². The molecule has 1 unspecified atom stereocenters. The Hall–Kier alpha value is -1.18. The smallest absolute Gasteiger partial charge is 0.144 e. The second-order valence-corrected chi connectivity index (χ2v) is 4.68. The zero-order valence-corrected chi connectivity index (χ0v) is 9.91. The van der Waals surface area contributed by atoms with E-state index in [1.54, 1.807) is 6.20 Å². The summed E-state index contributed by atoms with van der Waals surface area (Å²) in [7, 11) is 0. The molecule has 16 heavy (non-hydrogen) atoms. The van der Waals surface area contributed by atoms with E-state index in [2.05, 4.69) is 11.9 Å². The molecule has 0 N–H and O–H groups in total. The second kappa shape index (κ2) is 4.77. The van der Waals surface area contributed by atoms with Gasteiger partial charge in [-0.25, -0.2) is 0 Å². The average molecular weight is 217 g/mol. The molecule has 0 spiro atoms. The Labute approximate surface area is 97.1 Å². The molecule has 2 heteroatoms. The third kappa shape index (κ3) is 1.89. The first-order valence-electron chi connectivity index (χ1n) is 6.24. The van der Waals surface area contributed by atoms with Gasteiger partial charge >= 0.3 is 0 Å². The van der Waals surface area contributed by atoms with Crippen molar-refractivity contribution in [1.82, 2.24) is 4.98 Å². The molecule has 2 rings (SSSR count). The van der Waals surface area contributed by atoms with Gasteiger partial charge in [0.15, 0.2) is 0 Å². The van der Waals surface area contributed by atoms with Crippen LogP contribution in [-0.2, 0) is 10.2 Å². The minimum Gasteiger partial charge on any atom is -0.299 e. The third-order valence-corrected chi connectivity index (χ3v) is 3.62. The predicted molar refractivity (Wildman–Crippen MR) is 64.3 cm³/mol. The quantitative estimate of drug-likeness (QED) is 0.777. The minimum absolute atomic E-state index is 0.270. The van der Waals surface area contributed by atoms with Gasteiger partial charge in [0.25, 0.3) is 0 Å². The second-order valence-electron chi connectivity index (χ2n) is 4.68. The van der Waals surface area contributed by atoms with Crippen LogP contribution < -0.4 is 0 Å². The summed E-state index contributed by atoms with van der Waals surface area (Å²) in [6.45, 7) is 2.15. The van der Waals surface area contributed by atoms with Crippen LogP contribution in [0.25, 0.3) is 0 Å². The van der Waals surface area contributed by atoms with E-state index < -0.39 is 0 Å². The van der Waals surface area contributed by atoms with Crippen molar-refractivity contribution in [3.05, 3.63) is 30.1 Å². The Morgan fingerprint density at radius 2 is 2.25 bits per heavy atom. The highest BCUT2D eigenvalue weighted by Gasteiger charge is 2.41. The molecule has 1 fully saturated rings. The Balaban J connectivity index is 2.38. The molecule has 0 bridgehead atoms. The fourth-order valence-electron chi connectivity index (χ4n) is 2.83. The molecule has 0 saturated heterocycles. The monoisotopic (exact) mass is 217 g/mol. The molecule has 1 aliphatic carbocycles. The van der Waals surface area contributed by atoms with Crippen molar-refractivity contribution in [2.24, 2.45) is 0 Å². The maximum atomic E-state index is 12.3. The van der Waals surface area contributed by atoms with Crippen molar-refractivity contribution in [2.75, 3.05) is 0 Å². The Kier molecular flexibility index (Phi) is 3.37. The molecule has 1 heterocycles. The van der Waals surface area contributed by atoms with Crippen molar-refractivity contribution in [1.29, 1.82) is 0 Å². The zero-order valence-electron chi connectivity index (χ0n) is 9.91. The summed E-state index contributed by atoms with van der Waals surface area (Å²) in [6, 6.07) is 5.91. The summed E-state index contributed by atoms with van der Waals surface area (Å²) >= 11 is 0. The largest absolute Gasteiger partial charge is 0.299 e. The maximum absolute atomic E-state index is 12.3. The van der Waals surface area contributed by atoms with Gasteiger partial charge in [-0.1, -0.05) is 25.8 Å². The molecular formula is C14H19NO. The summed E-state index contributed by atoms with van der Waals surface area (Å²) in [6.07, 6.45) is 7.71. The van der Waals surface area contributed by atoms with Gasteiger partial charge in [-0.15, -0.1) is 0 Å². The van der Waals surface area contributed by atoms with Crippen molar-refractivity contribution < 1.29 is 4.79 Å². The number of nitrogens with zero attached hydrogens (tertiary/aromatic N) is 1. The number of Topliss-reactive ketones (excluding diaryl/α,β-unsaturated/α-hetero) is 1. The highest BCUT2D eigenvalue weighted by atomic mass is 16.1. The zero-order chi connectivity index (χ0) is 11.4. The van der Waals surface area contributed by atoms with E-state index in [1.807, 2.05) is 18.2 Å². The van der Waals surface area contributed by atoms with Crippen LogP contribution in [-0.4, -0.2) is 10.8 Å². The molecule has 1 aromatic rings. The first-order valence-corrected chi connectivity index (χ1v) is 6.24. The Morgan fingerprint density at radius 3 is 2.88 bits per heavy atom. The van der Waals surface area contributed by atoms with E-state index in [4.69, 9.17) is 0 Å². The van der Waals surface area contributed by atoms with Crippen molar-refractivity contribution >= 4 is 5.78 Å². The molecule has 2 nitrogen and oxygen atoms in total. The molecular weight excluding hydrogens is 198 g/mol. The predicted octanol–water partition coefficient (Wildman–Crippen LogP) is 3.26. The summed E-state index contributed by atoms with van der Waals surface area (Å²) in [4.78, 5) is 16.7. The molecule has 86 valence electrons. The van der Waals surface area contributed by atoms with Crippen LogP contribution in [0.3, 0.4) is 0 Å². The molecule has 0 radical (unpaired) electrons. The van der Waals surface area contributed by atoms with Gasteiger partial charge in [0.1, 0.15) is 5.78 Å². The maximum Gasteiger partial charge on any atom is 0.144 e. The number of aromatic nitrogens is 1. The fraction of sp³-hybridized carbons (Fsp3) is 0.571. The van der Waals surface area contributed by atoms with Gasteiger partial charge in [-0.2, -0.15) is 0 Å². The molecule has 1 aromatic heterocycles.